The molecule has 0 aliphatic carbocycles. The Morgan fingerprint density at radius 2 is 1.71 bits per heavy atom. The Kier molecular flexibility index (Phi) is 5.25. The Morgan fingerprint density at radius 1 is 1.00 bits per heavy atom. The molecule has 0 fully saturated rings. The van der Waals surface area contributed by atoms with E-state index >= 15 is 0 Å². The molecular formula is C15H15ClN2O2S. The molecule has 2 aromatic rings. The van der Waals surface area contributed by atoms with Gasteiger partial charge in [-0.15, -0.1) is 0 Å². The fraction of sp³-hybridized carbons (Fsp3) is 0.133. The van der Waals surface area contributed by atoms with Crippen molar-refractivity contribution in [1.82, 2.24) is 0 Å². The van der Waals surface area contributed by atoms with Crippen LogP contribution in [0.1, 0.15) is 0 Å². The molecule has 2 rings (SSSR count). The first kappa shape index (κ1) is 15.4. The van der Waals surface area contributed by atoms with Gasteiger partial charge >= 0.3 is 0 Å². The molecule has 0 saturated heterocycles. The van der Waals surface area contributed by atoms with E-state index in [-0.39, 0.29) is 0 Å². The summed E-state index contributed by atoms with van der Waals surface area (Å²) in [4.78, 5) is 0. The number of hydrogen-bond acceptors (Lipinski definition) is 3. The third-order valence-corrected chi connectivity index (χ3v) is 3.31. The maximum Gasteiger partial charge on any atom is 0.175 e. The van der Waals surface area contributed by atoms with Crippen molar-refractivity contribution in [3.8, 4) is 11.5 Å². The fourth-order valence-electron chi connectivity index (χ4n) is 1.74. The minimum atomic E-state index is 0.423. The van der Waals surface area contributed by atoms with Gasteiger partial charge in [-0.3, -0.25) is 0 Å². The molecule has 0 amide bonds. The standard InChI is InChI=1S/C15H15ClN2O2S/c1-19-10-7-8-13(14(9-10)20-2)18-15(21)17-12-6-4-3-5-11(12)16/h3-9H,1-2H3,(H2,17,18,21). The molecule has 0 aliphatic rings. The molecule has 2 aromatic carbocycles. The van der Waals surface area contributed by atoms with Gasteiger partial charge in [0.1, 0.15) is 11.5 Å². The average molecular weight is 323 g/mol. The van der Waals surface area contributed by atoms with Gasteiger partial charge in [0, 0.05) is 6.07 Å². The summed E-state index contributed by atoms with van der Waals surface area (Å²) in [6.07, 6.45) is 0. The number of halogens is 1. The topological polar surface area (TPSA) is 42.5 Å². The number of rotatable bonds is 4. The second kappa shape index (κ2) is 7.15. The van der Waals surface area contributed by atoms with Gasteiger partial charge in [0.25, 0.3) is 0 Å². The van der Waals surface area contributed by atoms with Crippen LogP contribution in [0.3, 0.4) is 0 Å². The SMILES string of the molecule is COc1ccc(NC(=S)Nc2ccccc2Cl)c(OC)c1. The van der Waals surface area contributed by atoms with Gasteiger partial charge in [-0.05, 0) is 36.5 Å². The van der Waals surface area contributed by atoms with E-state index in [4.69, 9.17) is 33.3 Å². The average Bonchev–Trinajstić information content (AvgIpc) is 2.50. The van der Waals surface area contributed by atoms with Crippen LogP contribution in [0.2, 0.25) is 5.02 Å². The second-order valence-electron chi connectivity index (χ2n) is 4.13. The predicted molar refractivity (Wildman–Crippen MR) is 90.8 cm³/mol. The molecule has 0 heterocycles. The zero-order chi connectivity index (χ0) is 15.2. The highest BCUT2D eigenvalue weighted by atomic mass is 35.5. The molecule has 0 aliphatic heterocycles. The minimum absolute atomic E-state index is 0.423. The molecule has 0 radical (unpaired) electrons. The van der Waals surface area contributed by atoms with Crippen molar-refractivity contribution in [2.24, 2.45) is 0 Å². The first-order valence-corrected chi connectivity index (χ1v) is 6.97. The highest BCUT2D eigenvalue weighted by Crippen LogP contribution is 2.29. The fourth-order valence-corrected chi connectivity index (χ4v) is 2.14. The lowest BCUT2D eigenvalue weighted by atomic mass is 10.2. The maximum absolute atomic E-state index is 6.08. The van der Waals surface area contributed by atoms with Gasteiger partial charge in [0.15, 0.2) is 5.11 Å². The van der Waals surface area contributed by atoms with E-state index in [1.165, 1.54) is 0 Å². The van der Waals surface area contributed by atoms with Crippen molar-refractivity contribution >= 4 is 40.3 Å². The smallest absolute Gasteiger partial charge is 0.175 e. The van der Waals surface area contributed by atoms with Crippen LogP contribution < -0.4 is 20.1 Å². The third-order valence-electron chi connectivity index (χ3n) is 2.78. The van der Waals surface area contributed by atoms with Gasteiger partial charge in [-0.1, -0.05) is 23.7 Å². The molecule has 4 nitrogen and oxygen atoms in total. The maximum atomic E-state index is 6.08. The Hall–Kier alpha value is -1.98. The van der Waals surface area contributed by atoms with Gasteiger partial charge in [0.2, 0.25) is 0 Å². The van der Waals surface area contributed by atoms with E-state index in [1.807, 2.05) is 30.3 Å². The van der Waals surface area contributed by atoms with Crippen molar-refractivity contribution in [1.29, 1.82) is 0 Å². The van der Waals surface area contributed by atoms with E-state index in [0.29, 0.717) is 21.6 Å². The minimum Gasteiger partial charge on any atom is -0.497 e. The van der Waals surface area contributed by atoms with Gasteiger partial charge in [0.05, 0.1) is 30.6 Å². The largest absolute Gasteiger partial charge is 0.497 e. The van der Waals surface area contributed by atoms with Crippen molar-refractivity contribution in [2.45, 2.75) is 0 Å². The van der Waals surface area contributed by atoms with Crippen LogP contribution >= 0.6 is 23.8 Å². The van der Waals surface area contributed by atoms with Gasteiger partial charge in [-0.2, -0.15) is 0 Å². The number of thiocarbonyl (C=S) groups is 1. The molecule has 0 bridgehead atoms. The lowest BCUT2D eigenvalue weighted by molar-refractivity contribution is 0.395. The van der Waals surface area contributed by atoms with Crippen molar-refractivity contribution < 1.29 is 9.47 Å². The van der Waals surface area contributed by atoms with Crippen molar-refractivity contribution in [2.75, 3.05) is 24.9 Å². The molecule has 0 unspecified atom stereocenters. The number of anilines is 2. The molecule has 110 valence electrons. The zero-order valence-electron chi connectivity index (χ0n) is 11.6. The monoisotopic (exact) mass is 322 g/mol. The molecule has 0 atom stereocenters. The summed E-state index contributed by atoms with van der Waals surface area (Å²) in [5.41, 5.74) is 1.48. The highest BCUT2D eigenvalue weighted by Gasteiger charge is 2.08. The molecule has 6 heteroatoms. The number of hydrogen-bond donors (Lipinski definition) is 2. The molecule has 0 spiro atoms. The van der Waals surface area contributed by atoms with Crippen LogP contribution in [-0.2, 0) is 0 Å². The van der Waals surface area contributed by atoms with E-state index in [9.17, 15) is 0 Å². The summed E-state index contributed by atoms with van der Waals surface area (Å²) >= 11 is 11.4. The summed E-state index contributed by atoms with van der Waals surface area (Å²) in [5.74, 6) is 1.35. The van der Waals surface area contributed by atoms with Gasteiger partial charge in [-0.25, -0.2) is 0 Å². The molecule has 0 saturated carbocycles. The van der Waals surface area contributed by atoms with Crippen LogP contribution in [0.5, 0.6) is 11.5 Å². The summed E-state index contributed by atoms with van der Waals surface area (Å²) in [6, 6.07) is 12.8. The molecule has 2 N–H and O–H groups in total. The van der Waals surface area contributed by atoms with Crippen molar-refractivity contribution in [3.63, 3.8) is 0 Å². The van der Waals surface area contributed by atoms with E-state index in [0.717, 1.165) is 11.4 Å². The molecule has 21 heavy (non-hydrogen) atoms. The Morgan fingerprint density at radius 3 is 2.38 bits per heavy atom. The van der Waals surface area contributed by atoms with Gasteiger partial charge < -0.3 is 20.1 Å². The van der Waals surface area contributed by atoms with Crippen LogP contribution in [0, 0.1) is 0 Å². The third kappa shape index (κ3) is 4.00. The summed E-state index contributed by atoms with van der Waals surface area (Å²) in [7, 11) is 3.19. The Bertz CT molecular complexity index is 649. The van der Waals surface area contributed by atoms with E-state index in [1.54, 1.807) is 26.4 Å². The van der Waals surface area contributed by atoms with Crippen molar-refractivity contribution in [3.05, 3.63) is 47.5 Å². The summed E-state index contributed by atoms with van der Waals surface area (Å²) in [5, 5.41) is 7.13. The van der Waals surface area contributed by atoms with Crippen LogP contribution in [0.25, 0.3) is 0 Å². The molecule has 0 aromatic heterocycles. The van der Waals surface area contributed by atoms with Crippen LogP contribution in [-0.4, -0.2) is 19.3 Å². The van der Waals surface area contributed by atoms with E-state index < -0.39 is 0 Å². The lowest BCUT2D eigenvalue weighted by Gasteiger charge is -2.14. The summed E-state index contributed by atoms with van der Waals surface area (Å²) < 4.78 is 10.5. The normalized spacial score (nSPS) is 9.86. The number of benzene rings is 2. The number of nitrogens with one attached hydrogen (secondary N) is 2. The second-order valence-corrected chi connectivity index (χ2v) is 4.94. The van der Waals surface area contributed by atoms with E-state index in [2.05, 4.69) is 10.6 Å². The lowest BCUT2D eigenvalue weighted by Crippen LogP contribution is -2.19. The first-order valence-electron chi connectivity index (χ1n) is 6.18. The highest BCUT2D eigenvalue weighted by molar-refractivity contribution is 7.80. The quantitative estimate of drug-likeness (QED) is 0.827. The van der Waals surface area contributed by atoms with Crippen LogP contribution in [0.4, 0.5) is 11.4 Å². The number of para-hydroxylation sites is 1. The number of ether oxygens (including phenoxy) is 2. The summed E-state index contributed by atoms with van der Waals surface area (Å²) in [6.45, 7) is 0. The molecular weight excluding hydrogens is 308 g/mol. The van der Waals surface area contributed by atoms with Crippen LogP contribution in [0.15, 0.2) is 42.5 Å². The number of methoxy groups -OCH3 is 2. The predicted octanol–water partition coefficient (Wildman–Crippen LogP) is 4.17. The zero-order valence-corrected chi connectivity index (χ0v) is 13.2. The Labute approximate surface area is 134 Å². The first-order chi connectivity index (χ1) is 10.1. The Balaban J connectivity index is 2.11.